The summed E-state index contributed by atoms with van der Waals surface area (Å²) in [5.74, 6) is 0. The second-order valence-corrected chi connectivity index (χ2v) is 7.77. The van der Waals surface area contributed by atoms with Gasteiger partial charge in [0.2, 0.25) is 10.0 Å². The molecule has 1 fully saturated rings. The first-order valence-corrected chi connectivity index (χ1v) is 8.88. The topological polar surface area (TPSA) is 52.7 Å². The third-order valence-electron chi connectivity index (χ3n) is 3.72. The Hall–Kier alpha value is -0.660. The van der Waals surface area contributed by atoms with E-state index >= 15 is 0 Å². The molecule has 0 aromatic heterocycles. The molecule has 1 aromatic carbocycles. The normalized spacial score (nSPS) is 17.3. The molecule has 1 N–H and O–H groups in total. The molecule has 0 unspecified atom stereocenters. The van der Waals surface area contributed by atoms with Gasteiger partial charge in [-0.2, -0.15) is 4.31 Å². The fourth-order valence-corrected chi connectivity index (χ4v) is 4.05. The average molecular weight is 332 g/mol. The van der Waals surface area contributed by atoms with Gasteiger partial charge in [0.25, 0.3) is 0 Å². The summed E-state index contributed by atoms with van der Waals surface area (Å²) in [4.78, 5) is 2.44. The summed E-state index contributed by atoms with van der Waals surface area (Å²) in [5.41, 5.74) is 0.947. The van der Waals surface area contributed by atoms with Crippen molar-refractivity contribution < 1.29 is 8.42 Å². The summed E-state index contributed by atoms with van der Waals surface area (Å²) in [6, 6.07) is 5.02. The first-order chi connectivity index (χ1) is 9.91. The quantitative estimate of drug-likeness (QED) is 0.880. The van der Waals surface area contributed by atoms with Crippen LogP contribution in [0.2, 0.25) is 5.02 Å². The number of hydrogen-bond donors (Lipinski definition) is 1. The third-order valence-corrected chi connectivity index (χ3v) is 6.06. The van der Waals surface area contributed by atoms with Crippen molar-refractivity contribution >= 4 is 21.6 Å². The zero-order valence-electron chi connectivity index (χ0n) is 12.5. The van der Waals surface area contributed by atoms with Crippen molar-refractivity contribution in [3.63, 3.8) is 0 Å². The average Bonchev–Trinajstić information content (AvgIpc) is 2.45. The minimum absolute atomic E-state index is 0.178. The van der Waals surface area contributed by atoms with Gasteiger partial charge in [-0.3, -0.25) is 4.90 Å². The van der Waals surface area contributed by atoms with Crippen LogP contribution in [0.15, 0.2) is 23.1 Å². The molecule has 0 spiro atoms. The molecule has 1 aliphatic heterocycles. The Bertz CT molecular complexity index is 586. The number of benzene rings is 1. The maximum atomic E-state index is 12.5. The monoisotopic (exact) mass is 331 g/mol. The molecule has 0 amide bonds. The minimum Gasteiger partial charge on any atom is -0.314 e. The van der Waals surface area contributed by atoms with Crippen LogP contribution in [-0.4, -0.2) is 63.9 Å². The molecule has 2 rings (SSSR count). The maximum absolute atomic E-state index is 12.5. The van der Waals surface area contributed by atoms with Gasteiger partial charge in [0.05, 0.1) is 5.02 Å². The second-order valence-electron chi connectivity index (χ2n) is 5.35. The van der Waals surface area contributed by atoms with Crippen molar-refractivity contribution in [3.8, 4) is 0 Å². The summed E-state index contributed by atoms with van der Waals surface area (Å²) in [6.45, 7) is 6.92. The predicted molar refractivity (Wildman–Crippen MR) is 85.3 cm³/mol. The molecule has 1 aliphatic rings. The fraction of sp³-hybridized carbons (Fsp3) is 0.571. The molecule has 1 aromatic rings. The largest absolute Gasteiger partial charge is 0.314 e. The highest BCUT2D eigenvalue weighted by Gasteiger charge is 2.24. The number of aryl methyl sites for hydroxylation is 1. The van der Waals surface area contributed by atoms with Crippen molar-refractivity contribution in [3.05, 3.63) is 28.8 Å². The van der Waals surface area contributed by atoms with E-state index in [-0.39, 0.29) is 9.92 Å². The number of nitrogens with zero attached hydrogens (tertiary/aromatic N) is 2. The van der Waals surface area contributed by atoms with Crippen molar-refractivity contribution in [2.45, 2.75) is 11.8 Å². The van der Waals surface area contributed by atoms with Gasteiger partial charge < -0.3 is 5.32 Å². The van der Waals surface area contributed by atoms with E-state index in [0.717, 1.165) is 38.3 Å². The van der Waals surface area contributed by atoms with E-state index in [1.165, 1.54) is 4.31 Å². The lowest BCUT2D eigenvalue weighted by Gasteiger charge is -2.29. The van der Waals surface area contributed by atoms with Gasteiger partial charge in [0.15, 0.2) is 0 Å². The highest BCUT2D eigenvalue weighted by Crippen LogP contribution is 2.24. The second kappa shape index (κ2) is 7.07. The molecule has 7 heteroatoms. The van der Waals surface area contributed by atoms with Gasteiger partial charge in [-0.25, -0.2) is 8.42 Å². The number of piperazine rings is 1. The van der Waals surface area contributed by atoms with Crippen molar-refractivity contribution in [1.82, 2.24) is 14.5 Å². The molecule has 1 saturated heterocycles. The zero-order chi connectivity index (χ0) is 15.5. The molecule has 0 radical (unpaired) electrons. The van der Waals surface area contributed by atoms with Crippen LogP contribution in [0.4, 0.5) is 0 Å². The molecule has 0 saturated carbocycles. The summed E-state index contributed by atoms with van der Waals surface area (Å²) < 4.78 is 26.5. The van der Waals surface area contributed by atoms with Crippen molar-refractivity contribution in [2.75, 3.05) is 46.3 Å². The Morgan fingerprint density at radius 1 is 1.33 bits per heavy atom. The Balaban J connectivity index is 2.04. The van der Waals surface area contributed by atoms with Gasteiger partial charge in [-0.15, -0.1) is 0 Å². The number of rotatable bonds is 5. The standard InChI is InChI=1S/C14H22ClN3O2S/c1-12-3-4-14(13(15)11-12)21(19,20)17(2)9-10-18-7-5-16-6-8-18/h3-4,11,16H,5-10H2,1-2H3. The number of hydrogen-bond acceptors (Lipinski definition) is 4. The highest BCUT2D eigenvalue weighted by atomic mass is 35.5. The van der Waals surface area contributed by atoms with Crippen LogP contribution < -0.4 is 5.32 Å². The van der Waals surface area contributed by atoms with E-state index < -0.39 is 10.0 Å². The Morgan fingerprint density at radius 3 is 2.62 bits per heavy atom. The smallest absolute Gasteiger partial charge is 0.244 e. The highest BCUT2D eigenvalue weighted by molar-refractivity contribution is 7.89. The number of halogens is 1. The number of nitrogens with one attached hydrogen (secondary N) is 1. The van der Waals surface area contributed by atoms with Crippen LogP contribution in [0.3, 0.4) is 0 Å². The Morgan fingerprint density at radius 2 is 2.00 bits per heavy atom. The molecule has 0 aliphatic carbocycles. The lowest BCUT2D eigenvalue weighted by molar-refractivity contribution is 0.229. The zero-order valence-corrected chi connectivity index (χ0v) is 14.0. The van der Waals surface area contributed by atoms with Crippen LogP contribution in [0, 0.1) is 6.92 Å². The first kappa shape index (κ1) is 16.7. The number of sulfonamides is 1. The molecule has 0 bridgehead atoms. The SMILES string of the molecule is Cc1ccc(S(=O)(=O)N(C)CCN2CCNCC2)c(Cl)c1. The van der Waals surface area contributed by atoms with Gasteiger partial charge in [0, 0.05) is 46.3 Å². The molecule has 0 atom stereocenters. The summed E-state index contributed by atoms with van der Waals surface area (Å²) in [6.07, 6.45) is 0. The van der Waals surface area contributed by atoms with Crippen LogP contribution in [0.1, 0.15) is 5.56 Å². The number of likely N-dealkylation sites (N-methyl/N-ethyl adjacent to an activating group) is 1. The van der Waals surface area contributed by atoms with Crippen LogP contribution >= 0.6 is 11.6 Å². The first-order valence-electron chi connectivity index (χ1n) is 7.07. The van der Waals surface area contributed by atoms with Gasteiger partial charge in [-0.05, 0) is 24.6 Å². The van der Waals surface area contributed by atoms with E-state index in [1.54, 1.807) is 25.2 Å². The van der Waals surface area contributed by atoms with E-state index in [1.807, 2.05) is 6.92 Å². The molecular formula is C14H22ClN3O2S. The van der Waals surface area contributed by atoms with Gasteiger partial charge >= 0.3 is 0 Å². The lowest BCUT2D eigenvalue weighted by Crippen LogP contribution is -2.46. The summed E-state index contributed by atoms with van der Waals surface area (Å²) in [5, 5.41) is 3.56. The van der Waals surface area contributed by atoms with Gasteiger partial charge in [0.1, 0.15) is 4.90 Å². The molecule has 118 valence electrons. The lowest BCUT2D eigenvalue weighted by atomic mass is 10.2. The Kier molecular flexibility index (Phi) is 5.62. The fourth-order valence-electron chi connectivity index (χ4n) is 2.32. The van der Waals surface area contributed by atoms with Crippen molar-refractivity contribution in [1.29, 1.82) is 0 Å². The minimum atomic E-state index is -3.53. The van der Waals surface area contributed by atoms with Crippen LogP contribution in [0.5, 0.6) is 0 Å². The van der Waals surface area contributed by atoms with Crippen LogP contribution in [-0.2, 0) is 10.0 Å². The van der Waals surface area contributed by atoms with E-state index in [4.69, 9.17) is 11.6 Å². The predicted octanol–water partition coefficient (Wildman–Crippen LogP) is 1.17. The maximum Gasteiger partial charge on any atom is 0.244 e. The van der Waals surface area contributed by atoms with Gasteiger partial charge in [-0.1, -0.05) is 17.7 Å². The molecular weight excluding hydrogens is 310 g/mol. The van der Waals surface area contributed by atoms with E-state index in [2.05, 4.69) is 10.2 Å². The molecule has 21 heavy (non-hydrogen) atoms. The third kappa shape index (κ3) is 4.17. The molecule has 5 nitrogen and oxygen atoms in total. The Labute approximate surface area is 131 Å². The molecule has 1 heterocycles. The summed E-state index contributed by atoms with van der Waals surface area (Å²) in [7, 11) is -1.92. The van der Waals surface area contributed by atoms with E-state index in [9.17, 15) is 8.42 Å². The summed E-state index contributed by atoms with van der Waals surface area (Å²) >= 11 is 6.08. The van der Waals surface area contributed by atoms with Crippen molar-refractivity contribution in [2.24, 2.45) is 0 Å². The van der Waals surface area contributed by atoms with Crippen LogP contribution in [0.25, 0.3) is 0 Å². The van der Waals surface area contributed by atoms with E-state index in [0.29, 0.717) is 6.54 Å².